The van der Waals surface area contributed by atoms with Gasteiger partial charge in [-0.2, -0.15) is 0 Å². The number of carbonyl (C=O) groups excluding carboxylic acids is 2. The first kappa shape index (κ1) is 16.2. The van der Waals surface area contributed by atoms with Gasteiger partial charge in [0.1, 0.15) is 0 Å². The van der Waals surface area contributed by atoms with Gasteiger partial charge in [-0.15, -0.1) is 0 Å². The lowest BCUT2D eigenvalue weighted by Crippen LogP contribution is -2.48. The molecule has 0 aliphatic carbocycles. The van der Waals surface area contributed by atoms with E-state index in [4.69, 9.17) is 0 Å². The van der Waals surface area contributed by atoms with Crippen LogP contribution in [0, 0.1) is 5.92 Å². The van der Waals surface area contributed by atoms with E-state index in [2.05, 4.69) is 10.1 Å². The summed E-state index contributed by atoms with van der Waals surface area (Å²) in [6.45, 7) is 2.94. The molecule has 0 unspecified atom stereocenters. The summed E-state index contributed by atoms with van der Waals surface area (Å²) in [6.07, 6.45) is 0.604. The van der Waals surface area contributed by atoms with Gasteiger partial charge in [0.05, 0.1) is 13.7 Å². The van der Waals surface area contributed by atoms with Crippen molar-refractivity contribution in [2.75, 3.05) is 13.7 Å². The zero-order valence-corrected chi connectivity index (χ0v) is 12.1. The molecule has 0 spiro atoms. The highest BCUT2D eigenvalue weighted by Gasteiger charge is 2.32. The second kappa shape index (κ2) is 7.05. The Labute approximate surface area is 118 Å². The molecule has 0 bridgehead atoms. The molecule has 0 aliphatic heterocycles. The average Bonchev–Trinajstić information content (AvgIpc) is 2.44. The van der Waals surface area contributed by atoms with E-state index in [-0.39, 0.29) is 18.4 Å². The lowest BCUT2D eigenvalue weighted by Gasteiger charge is -2.21. The third-order valence-corrected chi connectivity index (χ3v) is 3.06. The average molecular weight is 279 g/mol. The van der Waals surface area contributed by atoms with Crippen LogP contribution in [-0.2, 0) is 20.7 Å². The molecular weight excluding hydrogens is 258 g/mol. The van der Waals surface area contributed by atoms with Gasteiger partial charge < -0.3 is 15.2 Å². The third-order valence-electron chi connectivity index (χ3n) is 3.06. The van der Waals surface area contributed by atoms with Crippen molar-refractivity contribution in [2.24, 2.45) is 5.92 Å². The smallest absolute Gasteiger partial charge is 0.339 e. The molecule has 0 saturated heterocycles. The number of benzene rings is 1. The normalized spacial score (nSPS) is 15.0. The minimum Gasteiger partial charge on any atom is -0.467 e. The van der Waals surface area contributed by atoms with Crippen LogP contribution in [0.3, 0.4) is 0 Å². The molecule has 5 heteroatoms. The van der Waals surface area contributed by atoms with E-state index < -0.39 is 11.6 Å². The zero-order valence-electron chi connectivity index (χ0n) is 12.1. The highest BCUT2D eigenvalue weighted by atomic mass is 16.5. The molecule has 0 radical (unpaired) electrons. The fraction of sp³-hybridized carbons (Fsp3) is 0.467. The summed E-state index contributed by atoms with van der Waals surface area (Å²) in [5.74, 6) is -1.22. The zero-order chi connectivity index (χ0) is 15.2. The van der Waals surface area contributed by atoms with Gasteiger partial charge in [-0.3, -0.25) is 4.79 Å². The van der Waals surface area contributed by atoms with Crippen molar-refractivity contribution in [3.05, 3.63) is 35.9 Å². The van der Waals surface area contributed by atoms with E-state index in [0.29, 0.717) is 6.42 Å². The van der Waals surface area contributed by atoms with Gasteiger partial charge in [-0.05, 0) is 18.9 Å². The maximum Gasteiger partial charge on any atom is 0.339 e. The summed E-state index contributed by atoms with van der Waals surface area (Å²) < 4.78 is 4.46. The van der Waals surface area contributed by atoms with Gasteiger partial charge in [-0.1, -0.05) is 37.3 Å². The summed E-state index contributed by atoms with van der Waals surface area (Å²) in [5.41, 5.74) is -0.647. The Morgan fingerprint density at radius 2 is 1.95 bits per heavy atom. The Morgan fingerprint density at radius 3 is 2.50 bits per heavy atom. The van der Waals surface area contributed by atoms with E-state index >= 15 is 0 Å². The molecule has 5 nitrogen and oxygen atoms in total. The molecule has 2 N–H and O–H groups in total. The van der Waals surface area contributed by atoms with Gasteiger partial charge >= 0.3 is 5.97 Å². The van der Waals surface area contributed by atoms with Crippen LogP contribution in [0.15, 0.2) is 30.3 Å². The number of hydrogen-bond acceptors (Lipinski definition) is 4. The molecule has 0 fully saturated rings. The minimum absolute atomic E-state index is 0.169. The number of carbonyl (C=O) groups is 2. The van der Waals surface area contributed by atoms with Crippen LogP contribution >= 0.6 is 0 Å². The molecule has 0 aromatic heterocycles. The number of ether oxygens (including phenoxy) is 1. The number of amides is 1. The Balaban J connectivity index is 2.48. The van der Waals surface area contributed by atoms with Gasteiger partial charge in [-0.25, -0.2) is 4.79 Å². The van der Waals surface area contributed by atoms with E-state index in [9.17, 15) is 14.7 Å². The van der Waals surface area contributed by atoms with Crippen molar-refractivity contribution in [3.8, 4) is 0 Å². The van der Waals surface area contributed by atoms with Crippen molar-refractivity contribution >= 4 is 11.9 Å². The lowest BCUT2D eigenvalue weighted by molar-refractivity contribution is -0.160. The van der Waals surface area contributed by atoms with Crippen molar-refractivity contribution in [3.63, 3.8) is 0 Å². The monoisotopic (exact) mass is 279 g/mol. The maximum atomic E-state index is 11.9. The Bertz CT molecular complexity index is 456. The summed E-state index contributed by atoms with van der Waals surface area (Å²) >= 11 is 0. The summed E-state index contributed by atoms with van der Waals surface area (Å²) in [5, 5.41) is 12.4. The summed E-state index contributed by atoms with van der Waals surface area (Å²) in [7, 11) is 1.19. The lowest BCUT2D eigenvalue weighted by atomic mass is 10.00. The van der Waals surface area contributed by atoms with E-state index in [0.717, 1.165) is 5.56 Å². The van der Waals surface area contributed by atoms with Crippen molar-refractivity contribution in [2.45, 2.75) is 25.9 Å². The third kappa shape index (κ3) is 4.66. The minimum atomic E-state index is -1.71. The van der Waals surface area contributed by atoms with E-state index in [1.807, 2.05) is 30.3 Å². The molecule has 0 saturated carbocycles. The van der Waals surface area contributed by atoms with Gasteiger partial charge in [0.15, 0.2) is 5.60 Å². The first-order chi connectivity index (χ1) is 9.36. The first-order valence-electron chi connectivity index (χ1n) is 6.49. The first-order valence-corrected chi connectivity index (χ1v) is 6.49. The van der Waals surface area contributed by atoms with Gasteiger partial charge in [0.25, 0.3) is 0 Å². The molecule has 0 aliphatic rings. The van der Waals surface area contributed by atoms with Crippen LogP contribution in [0.25, 0.3) is 0 Å². The van der Waals surface area contributed by atoms with Crippen LogP contribution in [0.5, 0.6) is 0 Å². The van der Waals surface area contributed by atoms with Crippen LogP contribution in [-0.4, -0.2) is 36.2 Å². The van der Waals surface area contributed by atoms with Crippen LogP contribution in [0.1, 0.15) is 19.4 Å². The molecule has 1 amide bonds. The maximum absolute atomic E-state index is 11.9. The van der Waals surface area contributed by atoms with Crippen molar-refractivity contribution in [1.29, 1.82) is 0 Å². The van der Waals surface area contributed by atoms with E-state index in [1.165, 1.54) is 14.0 Å². The number of aliphatic hydroxyl groups is 1. The predicted molar refractivity (Wildman–Crippen MR) is 75.0 cm³/mol. The van der Waals surface area contributed by atoms with Crippen molar-refractivity contribution in [1.82, 2.24) is 5.32 Å². The molecular formula is C15H21NO4. The van der Waals surface area contributed by atoms with Crippen LogP contribution < -0.4 is 5.32 Å². The number of nitrogens with one attached hydrogen (secondary N) is 1. The van der Waals surface area contributed by atoms with Gasteiger partial charge in [0, 0.05) is 5.92 Å². The molecule has 2 atom stereocenters. The topological polar surface area (TPSA) is 75.6 Å². The number of rotatable bonds is 6. The fourth-order valence-corrected chi connectivity index (χ4v) is 1.79. The Hall–Kier alpha value is -1.88. The molecule has 1 rings (SSSR count). The Kier molecular flexibility index (Phi) is 5.70. The van der Waals surface area contributed by atoms with E-state index in [1.54, 1.807) is 6.92 Å². The molecule has 110 valence electrons. The standard InChI is InChI=1S/C15H21NO4/c1-11(9-12-7-5-4-6-8-12)13(17)16-10-15(2,19)14(18)20-3/h4-8,11,19H,9-10H2,1-3H3,(H,16,17)/t11-,15-/m0/s1. The van der Waals surface area contributed by atoms with Crippen LogP contribution in [0.4, 0.5) is 0 Å². The Morgan fingerprint density at radius 1 is 1.35 bits per heavy atom. The fourth-order valence-electron chi connectivity index (χ4n) is 1.79. The number of esters is 1. The highest BCUT2D eigenvalue weighted by Crippen LogP contribution is 2.09. The van der Waals surface area contributed by atoms with Crippen molar-refractivity contribution < 1.29 is 19.4 Å². The number of hydrogen-bond donors (Lipinski definition) is 2. The quantitative estimate of drug-likeness (QED) is 0.759. The largest absolute Gasteiger partial charge is 0.467 e. The van der Waals surface area contributed by atoms with Gasteiger partial charge in [0.2, 0.25) is 5.91 Å². The SMILES string of the molecule is COC(=O)[C@@](C)(O)CNC(=O)[C@@H](C)Cc1ccccc1. The second-order valence-corrected chi connectivity index (χ2v) is 5.07. The highest BCUT2D eigenvalue weighted by molar-refractivity contribution is 5.82. The molecule has 20 heavy (non-hydrogen) atoms. The summed E-state index contributed by atoms with van der Waals surface area (Å²) in [4.78, 5) is 23.2. The second-order valence-electron chi connectivity index (χ2n) is 5.07. The molecule has 0 heterocycles. The number of methoxy groups -OCH3 is 1. The predicted octanol–water partition coefficient (Wildman–Crippen LogP) is 0.905. The summed E-state index contributed by atoms with van der Waals surface area (Å²) in [6, 6.07) is 9.66. The molecule has 1 aromatic carbocycles. The molecule has 1 aromatic rings. The van der Waals surface area contributed by atoms with Crippen LogP contribution in [0.2, 0.25) is 0 Å².